The smallest absolute Gasteiger partial charge is 0.337 e. The number of carboxylic acid groups (broad SMARTS) is 1. The SMILES string of the molecule is CCN(CCCN(C)C)c1cnccc1C(=O)O. The molecule has 1 rings (SSSR count). The van der Waals surface area contributed by atoms with Gasteiger partial charge in [0.1, 0.15) is 0 Å². The Balaban J connectivity index is 2.78. The highest BCUT2D eigenvalue weighted by Gasteiger charge is 2.14. The van der Waals surface area contributed by atoms with Crippen molar-refractivity contribution in [3.8, 4) is 0 Å². The van der Waals surface area contributed by atoms with Crippen molar-refractivity contribution in [2.45, 2.75) is 13.3 Å². The molecule has 0 saturated heterocycles. The van der Waals surface area contributed by atoms with E-state index < -0.39 is 5.97 Å². The van der Waals surface area contributed by atoms with Gasteiger partial charge in [-0.1, -0.05) is 0 Å². The number of nitrogens with zero attached hydrogens (tertiary/aromatic N) is 3. The number of anilines is 1. The molecular formula is C13H21N3O2. The van der Waals surface area contributed by atoms with E-state index in [9.17, 15) is 4.79 Å². The van der Waals surface area contributed by atoms with Crippen molar-refractivity contribution < 1.29 is 9.90 Å². The van der Waals surface area contributed by atoms with Crippen LogP contribution in [0, 0.1) is 0 Å². The van der Waals surface area contributed by atoms with Crippen LogP contribution in [0.5, 0.6) is 0 Å². The van der Waals surface area contributed by atoms with Gasteiger partial charge >= 0.3 is 5.97 Å². The molecule has 18 heavy (non-hydrogen) atoms. The van der Waals surface area contributed by atoms with Gasteiger partial charge in [0, 0.05) is 19.3 Å². The highest BCUT2D eigenvalue weighted by Crippen LogP contribution is 2.19. The molecule has 0 saturated carbocycles. The third-order valence-electron chi connectivity index (χ3n) is 2.79. The van der Waals surface area contributed by atoms with Crippen LogP contribution < -0.4 is 4.90 Å². The van der Waals surface area contributed by atoms with E-state index in [1.54, 1.807) is 12.3 Å². The summed E-state index contributed by atoms with van der Waals surface area (Å²) in [6.45, 7) is 4.62. The van der Waals surface area contributed by atoms with Gasteiger partial charge < -0.3 is 14.9 Å². The summed E-state index contributed by atoms with van der Waals surface area (Å²) in [5.41, 5.74) is 1.02. The second-order valence-electron chi connectivity index (χ2n) is 4.43. The fraction of sp³-hybridized carbons (Fsp3) is 0.538. The van der Waals surface area contributed by atoms with Crippen LogP contribution in [0.4, 0.5) is 5.69 Å². The third-order valence-corrected chi connectivity index (χ3v) is 2.79. The van der Waals surface area contributed by atoms with Gasteiger partial charge in [-0.05, 0) is 40.1 Å². The van der Waals surface area contributed by atoms with E-state index in [4.69, 9.17) is 5.11 Å². The zero-order chi connectivity index (χ0) is 13.5. The Bertz CT molecular complexity index is 394. The second-order valence-corrected chi connectivity index (χ2v) is 4.43. The Morgan fingerprint density at radius 2 is 2.11 bits per heavy atom. The lowest BCUT2D eigenvalue weighted by atomic mass is 10.2. The molecule has 0 aromatic carbocycles. The standard InChI is InChI=1S/C13H21N3O2/c1-4-16(9-5-8-15(2)3)12-10-14-7-6-11(12)13(17)18/h6-7,10H,4-5,8-9H2,1-3H3,(H,17,18). The molecule has 100 valence electrons. The van der Waals surface area contributed by atoms with E-state index in [1.807, 2.05) is 21.0 Å². The van der Waals surface area contributed by atoms with Crippen LogP contribution in [0.1, 0.15) is 23.7 Å². The number of carbonyl (C=O) groups is 1. The van der Waals surface area contributed by atoms with Gasteiger partial charge in [0.25, 0.3) is 0 Å². The first kappa shape index (κ1) is 14.4. The number of aromatic nitrogens is 1. The Morgan fingerprint density at radius 1 is 1.39 bits per heavy atom. The van der Waals surface area contributed by atoms with Crippen LogP contribution in [0.3, 0.4) is 0 Å². The minimum atomic E-state index is -0.904. The van der Waals surface area contributed by atoms with Gasteiger partial charge in [-0.3, -0.25) is 4.98 Å². The lowest BCUT2D eigenvalue weighted by molar-refractivity contribution is 0.0697. The van der Waals surface area contributed by atoms with Gasteiger partial charge in [-0.25, -0.2) is 4.79 Å². The van der Waals surface area contributed by atoms with E-state index in [0.29, 0.717) is 11.3 Å². The zero-order valence-electron chi connectivity index (χ0n) is 11.3. The van der Waals surface area contributed by atoms with Gasteiger partial charge in [0.05, 0.1) is 17.4 Å². The van der Waals surface area contributed by atoms with E-state index in [2.05, 4.69) is 14.8 Å². The van der Waals surface area contributed by atoms with Crippen molar-refractivity contribution in [2.24, 2.45) is 0 Å². The maximum Gasteiger partial charge on any atom is 0.337 e. The molecule has 1 aromatic heterocycles. The van der Waals surface area contributed by atoms with Crippen molar-refractivity contribution in [1.29, 1.82) is 0 Å². The summed E-state index contributed by atoms with van der Waals surface area (Å²) >= 11 is 0. The quantitative estimate of drug-likeness (QED) is 0.797. The normalized spacial score (nSPS) is 10.7. The lowest BCUT2D eigenvalue weighted by Crippen LogP contribution is -2.28. The average molecular weight is 251 g/mol. The van der Waals surface area contributed by atoms with Crippen molar-refractivity contribution >= 4 is 11.7 Å². The summed E-state index contributed by atoms with van der Waals surface area (Å²) in [5.74, 6) is -0.904. The molecule has 1 aromatic rings. The predicted molar refractivity (Wildman–Crippen MR) is 72.3 cm³/mol. The first-order chi connectivity index (χ1) is 8.56. The minimum absolute atomic E-state index is 0.316. The van der Waals surface area contributed by atoms with Crippen molar-refractivity contribution in [3.63, 3.8) is 0 Å². The van der Waals surface area contributed by atoms with Crippen LogP contribution in [-0.2, 0) is 0 Å². The van der Waals surface area contributed by atoms with Crippen molar-refractivity contribution in [3.05, 3.63) is 24.0 Å². The van der Waals surface area contributed by atoms with Gasteiger partial charge in [-0.15, -0.1) is 0 Å². The third kappa shape index (κ3) is 4.00. The lowest BCUT2D eigenvalue weighted by Gasteiger charge is -2.24. The fourth-order valence-electron chi connectivity index (χ4n) is 1.85. The fourth-order valence-corrected chi connectivity index (χ4v) is 1.85. The van der Waals surface area contributed by atoms with Crippen molar-refractivity contribution in [2.75, 3.05) is 38.6 Å². The molecule has 0 fully saturated rings. The Morgan fingerprint density at radius 3 is 2.67 bits per heavy atom. The summed E-state index contributed by atoms with van der Waals surface area (Å²) in [6, 6.07) is 1.55. The van der Waals surface area contributed by atoms with Crippen LogP contribution >= 0.6 is 0 Å². The summed E-state index contributed by atoms with van der Waals surface area (Å²) in [5, 5.41) is 9.16. The molecule has 0 amide bonds. The first-order valence-electron chi connectivity index (χ1n) is 6.13. The van der Waals surface area contributed by atoms with E-state index in [0.717, 1.165) is 26.1 Å². The molecule has 5 nitrogen and oxygen atoms in total. The van der Waals surface area contributed by atoms with Crippen LogP contribution in [0.2, 0.25) is 0 Å². The molecule has 0 bridgehead atoms. The topological polar surface area (TPSA) is 56.7 Å². The highest BCUT2D eigenvalue weighted by molar-refractivity contribution is 5.94. The van der Waals surface area contributed by atoms with Crippen LogP contribution in [-0.4, -0.2) is 54.7 Å². The van der Waals surface area contributed by atoms with Crippen molar-refractivity contribution in [1.82, 2.24) is 9.88 Å². The Hall–Kier alpha value is -1.62. The Labute approximate surface area is 108 Å². The molecule has 0 spiro atoms. The molecule has 0 unspecified atom stereocenters. The molecule has 1 heterocycles. The first-order valence-corrected chi connectivity index (χ1v) is 6.13. The van der Waals surface area contributed by atoms with Crippen LogP contribution in [0.15, 0.2) is 18.5 Å². The molecule has 1 N–H and O–H groups in total. The average Bonchev–Trinajstić information content (AvgIpc) is 2.34. The second kappa shape index (κ2) is 6.96. The Kier molecular flexibility index (Phi) is 5.58. The summed E-state index contributed by atoms with van der Waals surface area (Å²) < 4.78 is 0. The van der Waals surface area contributed by atoms with Gasteiger partial charge in [0.15, 0.2) is 0 Å². The number of hydrogen-bond acceptors (Lipinski definition) is 4. The van der Waals surface area contributed by atoms with E-state index in [1.165, 1.54) is 6.20 Å². The maximum atomic E-state index is 11.2. The number of hydrogen-bond donors (Lipinski definition) is 1. The van der Waals surface area contributed by atoms with Crippen LogP contribution in [0.25, 0.3) is 0 Å². The number of pyridine rings is 1. The maximum absolute atomic E-state index is 11.2. The molecule has 5 heteroatoms. The molecule has 0 radical (unpaired) electrons. The molecular weight excluding hydrogens is 230 g/mol. The number of carboxylic acids is 1. The number of aromatic carboxylic acids is 1. The summed E-state index contributed by atoms with van der Waals surface area (Å²) in [4.78, 5) is 19.4. The summed E-state index contributed by atoms with van der Waals surface area (Å²) in [6.07, 6.45) is 4.14. The number of rotatable bonds is 7. The molecule has 0 atom stereocenters. The zero-order valence-corrected chi connectivity index (χ0v) is 11.3. The van der Waals surface area contributed by atoms with Gasteiger partial charge in [0.2, 0.25) is 0 Å². The monoisotopic (exact) mass is 251 g/mol. The van der Waals surface area contributed by atoms with Gasteiger partial charge in [-0.2, -0.15) is 0 Å². The minimum Gasteiger partial charge on any atom is -0.478 e. The van der Waals surface area contributed by atoms with E-state index >= 15 is 0 Å². The highest BCUT2D eigenvalue weighted by atomic mass is 16.4. The van der Waals surface area contributed by atoms with E-state index in [-0.39, 0.29) is 0 Å². The predicted octanol–water partition coefficient (Wildman–Crippen LogP) is 1.56. The molecule has 0 aliphatic rings. The molecule has 0 aliphatic heterocycles. The largest absolute Gasteiger partial charge is 0.478 e. The molecule has 0 aliphatic carbocycles. The summed E-state index contributed by atoms with van der Waals surface area (Å²) in [7, 11) is 4.06.